The van der Waals surface area contributed by atoms with Crippen LogP contribution in [-0.4, -0.2) is 11.4 Å². The van der Waals surface area contributed by atoms with Crippen molar-refractivity contribution in [1.29, 1.82) is 0 Å². The molecule has 9 heavy (non-hydrogen) atoms. The quantitative estimate of drug-likeness (QED) is 0.452. The van der Waals surface area contributed by atoms with Gasteiger partial charge in [0.15, 0.2) is 0 Å². The second kappa shape index (κ2) is 3.80. The van der Waals surface area contributed by atoms with E-state index in [1.165, 1.54) is 0 Å². The van der Waals surface area contributed by atoms with Crippen LogP contribution >= 0.6 is 15.9 Å². The zero-order chi connectivity index (χ0) is 7.33. The number of alkyl halides is 3. The van der Waals surface area contributed by atoms with Gasteiger partial charge in [-0.15, -0.1) is 0 Å². The molecule has 0 saturated carbocycles. The molecule has 0 atom stereocenters. The van der Waals surface area contributed by atoms with E-state index in [0.29, 0.717) is 0 Å². The van der Waals surface area contributed by atoms with Crippen molar-refractivity contribution in [3.05, 3.63) is 0 Å². The van der Waals surface area contributed by atoms with E-state index >= 15 is 0 Å². The maximum absolute atomic E-state index is 11.7. The molecule has 0 rings (SSSR count). The first-order valence-corrected chi connectivity index (χ1v) is 3.00. The summed E-state index contributed by atoms with van der Waals surface area (Å²) in [7, 11) is 0. The molecule has 0 aliphatic carbocycles. The summed E-state index contributed by atoms with van der Waals surface area (Å²) in [5.74, 6) is 3.57. The van der Waals surface area contributed by atoms with Gasteiger partial charge in [0, 0.05) is 22.4 Å². The fraction of sp³-hybridized carbons (Fsp3) is 0.600. The normalized spacial score (nSPS) is 10.2. The Morgan fingerprint density at radius 2 is 2.11 bits per heavy atom. The molecule has 4 heteroatoms. The van der Waals surface area contributed by atoms with E-state index in [1.807, 2.05) is 21.9 Å². The number of hydrogen-bond donors (Lipinski definition) is 0. The highest BCUT2D eigenvalue weighted by Gasteiger charge is 2.18. The molecule has 0 amide bonds. The van der Waals surface area contributed by atoms with Crippen LogP contribution in [0.15, 0.2) is 0 Å². The molecule has 1 nitrogen and oxygen atoms in total. The van der Waals surface area contributed by atoms with Crippen molar-refractivity contribution in [2.24, 2.45) is 0 Å². The topological polar surface area (TPSA) is 19.9 Å². The number of hydrogen-bond acceptors (Lipinski definition) is 0. The molecule has 0 bridgehead atoms. The molecule has 0 heterocycles. The lowest BCUT2D eigenvalue weighted by Gasteiger charge is -1.93. The van der Waals surface area contributed by atoms with Crippen LogP contribution in [0, 0.1) is 11.8 Å². The van der Waals surface area contributed by atoms with Crippen molar-refractivity contribution in [2.75, 3.05) is 6.61 Å². The highest BCUT2D eigenvalue weighted by atomic mass is 79.9. The number of halogens is 3. The lowest BCUT2D eigenvalue weighted by Crippen LogP contribution is -1.98. The maximum Gasteiger partial charge on any atom is 0.363 e. The minimum atomic E-state index is -3.14. The highest BCUT2D eigenvalue weighted by molar-refractivity contribution is 9.10. The van der Waals surface area contributed by atoms with Crippen LogP contribution in [0.1, 0.15) is 6.42 Å². The molecule has 0 aliphatic rings. The first-order valence-electron chi connectivity index (χ1n) is 2.21. The summed E-state index contributed by atoms with van der Waals surface area (Å²) in [4.78, 5) is -3.14. The first-order chi connectivity index (χ1) is 4.06. The van der Waals surface area contributed by atoms with Gasteiger partial charge in [-0.2, -0.15) is 8.78 Å². The zero-order valence-corrected chi connectivity index (χ0v) is 6.04. The van der Waals surface area contributed by atoms with Crippen LogP contribution in [0.5, 0.6) is 0 Å². The molecule has 0 aliphatic heterocycles. The van der Waals surface area contributed by atoms with Crippen LogP contribution < -0.4 is 0 Å². The first kappa shape index (κ1) is 8.86. The lowest BCUT2D eigenvalue weighted by molar-refractivity contribution is 0.181. The van der Waals surface area contributed by atoms with Crippen LogP contribution in [0.4, 0.5) is 8.78 Å². The third kappa shape index (κ3) is 7.86. The maximum atomic E-state index is 11.7. The average molecular weight is 198 g/mol. The standard InChI is InChI=1S/C5H4BrF2O/c6-5(7,8)3-1-2-4-9/h2,4H2. The fourth-order valence-electron chi connectivity index (χ4n) is 0.214. The molecule has 0 aromatic carbocycles. The zero-order valence-electron chi connectivity index (χ0n) is 4.46. The summed E-state index contributed by atoms with van der Waals surface area (Å²) in [5.41, 5.74) is 0. The van der Waals surface area contributed by atoms with E-state index in [-0.39, 0.29) is 6.42 Å². The largest absolute Gasteiger partial charge is 0.363 e. The van der Waals surface area contributed by atoms with Crippen LogP contribution in [0.2, 0.25) is 0 Å². The Kier molecular flexibility index (Phi) is 3.75. The third-order valence-corrected chi connectivity index (χ3v) is 0.655. The lowest BCUT2D eigenvalue weighted by atomic mass is 10.4. The SMILES string of the molecule is [O]CCC#CC(F)(F)Br. The molecule has 0 N–H and O–H groups in total. The predicted octanol–water partition coefficient (Wildman–Crippen LogP) is 1.80. The predicted molar refractivity (Wildman–Crippen MR) is 31.8 cm³/mol. The van der Waals surface area contributed by atoms with Gasteiger partial charge in [0.05, 0.1) is 6.61 Å². The van der Waals surface area contributed by atoms with Crippen molar-refractivity contribution in [2.45, 2.75) is 11.3 Å². The molecule has 1 radical (unpaired) electrons. The Morgan fingerprint density at radius 1 is 1.56 bits per heavy atom. The summed E-state index contributed by atoms with van der Waals surface area (Å²) in [6.45, 7) is -0.434. The van der Waals surface area contributed by atoms with Crippen molar-refractivity contribution < 1.29 is 13.9 Å². The van der Waals surface area contributed by atoms with Crippen molar-refractivity contribution in [1.82, 2.24) is 0 Å². The monoisotopic (exact) mass is 197 g/mol. The van der Waals surface area contributed by atoms with E-state index < -0.39 is 11.4 Å². The minimum Gasteiger partial charge on any atom is -0.236 e. The summed E-state index contributed by atoms with van der Waals surface area (Å²) >= 11 is 2.00. The Labute approximate surface area is 60.2 Å². The Hall–Kier alpha value is -0.140. The summed E-state index contributed by atoms with van der Waals surface area (Å²) in [6.07, 6.45) is -0.0266. The second-order valence-electron chi connectivity index (χ2n) is 1.25. The van der Waals surface area contributed by atoms with Gasteiger partial charge in [-0.1, -0.05) is 5.92 Å². The molecule has 0 aromatic rings. The van der Waals surface area contributed by atoms with E-state index in [2.05, 4.69) is 0 Å². The highest BCUT2D eigenvalue weighted by Crippen LogP contribution is 2.19. The van der Waals surface area contributed by atoms with Gasteiger partial charge in [-0.25, -0.2) is 5.11 Å². The van der Waals surface area contributed by atoms with Crippen molar-refractivity contribution in [3.8, 4) is 11.8 Å². The Morgan fingerprint density at radius 3 is 2.44 bits per heavy atom. The van der Waals surface area contributed by atoms with Crippen LogP contribution in [0.25, 0.3) is 0 Å². The number of rotatable bonds is 1. The smallest absolute Gasteiger partial charge is 0.236 e. The molecule has 0 saturated heterocycles. The van der Waals surface area contributed by atoms with E-state index in [9.17, 15) is 13.9 Å². The van der Waals surface area contributed by atoms with Gasteiger partial charge in [-0.3, -0.25) is 0 Å². The Bertz CT molecular complexity index is 130. The molecule has 0 spiro atoms. The Balaban J connectivity index is 3.59. The van der Waals surface area contributed by atoms with Crippen LogP contribution in [0.3, 0.4) is 0 Å². The van der Waals surface area contributed by atoms with E-state index in [0.717, 1.165) is 0 Å². The fourth-order valence-corrected chi connectivity index (χ4v) is 0.354. The minimum absolute atomic E-state index is 0.0266. The van der Waals surface area contributed by atoms with Gasteiger partial charge in [0.25, 0.3) is 0 Å². The molecular weight excluding hydrogens is 194 g/mol. The molecular formula is C5H4BrF2O. The molecule has 51 valence electrons. The van der Waals surface area contributed by atoms with Gasteiger partial charge < -0.3 is 0 Å². The van der Waals surface area contributed by atoms with Crippen LogP contribution in [-0.2, 0) is 5.11 Å². The second-order valence-corrected chi connectivity index (χ2v) is 2.25. The van der Waals surface area contributed by atoms with Crippen molar-refractivity contribution in [3.63, 3.8) is 0 Å². The molecule has 0 fully saturated rings. The third-order valence-electron chi connectivity index (χ3n) is 0.457. The molecule has 0 aromatic heterocycles. The summed E-state index contributed by atoms with van der Waals surface area (Å²) in [6, 6.07) is 0. The van der Waals surface area contributed by atoms with E-state index in [1.54, 1.807) is 5.92 Å². The van der Waals surface area contributed by atoms with Crippen molar-refractivity contribution >= 4 is 15.9 Å². The average Bonchev–Trinajstić information content (AvgIpc) is 1.63. The molecule has 0 unspecified atom stereocenters. The van der Waals surface area contributed by atoms with E-state index in [4.69, 9.17) is 0 Å². The summed E-state index contributed by atoms with van der Waals surface area (Å²) in [5, 5.41) is 9.65. The van der Waals surface area contributed by atoms with Gasteiger partial charge in [0.2, 0.25) is 0 Å². The van der Waals surface area contributed by atoms with Gasteiger partial charge in [0.1, 0.15) is 0 Å². The van der Waals surface area contributed by atoms with Gasteiger partial charge >= 0.3 is 4.83 Å². The summed E-state index contributed by atoms with van der Waals surface area (Å²) < 4.78 is 23.4. The van der Waals surface area contributed by atoms with Gasteiger partial charge in [-0.05, 0) is 5.92 Å².